The number of hydrogen-bond donors (Lipinski definition) is 1. The highest BCUT2D eigenvalue weighted by atomic mass is 35.5. The molecule has 1 aromatic rings. The van der Waals surface area contributed by atoms with Gasteiger partial charge in [-0.25, -0.2) is 4.98 Å². The Kier molecular flexibility index (Phi) is 3.95. The van der Waals surface area contributed by atoms with Gasteiger partial charge in [-0.2, -0.15) is 0 Å². The van der Waals surface area contributed by atoms with E-state index in [1.54, 1.807) is 19.4 Å². The third-order valence-corrected chi connectivity index (χ3v) is 4.26. The molecule has 2 rings (SSSR count). The molecule has 0 aromatic carbocycles. The maximum atomic E-state index is 12.0. The molecule has 0 radical (unpaired) electrons. The third-order valence-electron chi connectivity index (χ3n) is 3.75. The normalized spacial score (nSPS) is 28.1. The van der Waals surface area contributed by atoms with Crippen molar-refractivity contribution in [3.8, 4) is 0 Å². The number of nitrogens with zero attached hydrogens (tertiary/aromatic N) is 2. The van der Waals surface area contributed by atoms with Gasteiger partial charge in [0.25, 0.3) is 5.56 Å². The van der Waals surface area contributed by atoms with Gasteiger partial charge in [-0.15, -0.1) is 11.6 Å². The molecular weight excluding hydrogens is 250 g/mol. The van der Waals surface area contributed by atoms with Crippen LogP contribution in [0.3, 0.4) is 0 Å². The molecular formula is C13H20ClN3O. The molecule has 0 bridgehead atoms. The maximum Gasteiger partial charge on any atom is 0.293 e. The Balaban J connectivity index is 2.25. The van der Waals surface area contributed by atoms with Crippen molar-refractivity contribution in [3.63, 3.8) is 0 Å². The summed E-state index contributed by atoms with van der Waals surface area (Å²) in [7, 11) is 1.73. The fourth-order valence-corrected chi connectivity index (χ4v) is 3.07. The monoisotopic (exact) mass is 269 g/mol. The summed E-state index contributed by atoms with van der Waals surface area (Å²) in [6, 6.07) is 0. The Hall–Kier alpha value is -1.03. The minimum Gasteiger partial charge on any atom is -0.359 e. The van der Waals surface area contributed by atoms with Gasteiger partial charge < -0.3 is 9.88 Å². The van der Waals surface area contributed by atoms with E-state index in [0.29, 0.717) is 17.6 Å². The molecule has 0 saturated heterocycles. The highest BCUT2D eigenvalue weighted by Gasteiger charge is 2.35. The van der Waals surface area contributed by atoms with Gasteiger partial charge in [-0.05, 0) is 18.8 Å². The molecule has 100 valence electrons. The first-order chi connectivity index (χ1) is 8.56. The van der Waals surface area contributed by atoms with E-state index in [-0.39, 0.29) is 11.1 Å². The molecule has 0 amide bonds. The number of aromatic nitrogens is 2. The summed E-state index contributed by atoms with van der Waals surface area (Å²) >= 11 is 6.15. The zero-order valence-corrected chi connectivity index (χ0v) is 11.7. The second-order valence-corrected chi connectivity index (χ2v) is 5.70. The van der Waals surface area contributed by atoms with Gasteiger partial charge >= 0.3 is 0 Å². The lowest BCUT2D eigenvalue weighted by Gasteiger charge is -2.39. The Morgan fingerprint density at radius 1 is 1.67 bits per heavy atom. The van der Waals surface area contributed by atoms with E-state index >= 15 is 0 Å². The van der Waals surface area contributed by atoms with Gasteiger partial charge in [0.05, 0.1) is 5.54 Å². The highest BCUT2D eigenvalue weighted by Crippen LogP contribution is 2.35. The van der Waals surface area contributed by atoms with Gasteiger partial charge in [0, 0.05) is 25.3 Å². The van der Waals surface area contributed by atoms with Crippen LogP contribution in [0.2, 0.25) is 0 Å². The molecule has 1 fully saturated rings. The van der Waals surface area contributed by atoms with Crippen LogP contribution in [0.1, 0.15) is 32.6 Å². The molecule has 1 aliphatic carbocycles. The molecule has 0 aliphatic heterocycles. The molecule has 1 N–H and O–H groups in total. The number of aryl methyl sites for hydroxylation is 1. The molecule has 5 heteroatoms. The van der Waals surface area contributed by atoms with Crippen molar-refractivity contribution in [3.05, 3.63) is 22.7 Å². The number of hydrogen-bond acceptors (Lipinski definition) is 3. The molecule has 18 heavy (non-hydrogen) atoms. The lowest BCUT2D eigenvalue weighted by molar-refractivity contribution is 0.278. The smallest absolute Gasteiger partial charge is 0.293 e. The van der Waals surface area contributed by atoms with E-state index in [0.717, 1.165) is 19.3 Å². The van der Waals surface area contributed by atoms with Crippen LogP contribution in [-0.2, 0) is 7.05 Å². The Bertz CT molecular complexity index is 474. The lowest BCUT2D eigenvalue weighted by Crippen LogP contribution is -2.46. The fourth-order valence-electron chi connectivity index (χ4n) is 2.76. The summed E-state index contributed by atoms with van der Waals surface area (Å²) in [6.07, 6.45) is 7.67. The van der Waals surface area contributed by atoms with E-state index in [2.05, 4.69) is 17.2 Å². The molecule has 4 nitrogen and oxygen atoms in total. The molecule has 1 saturated carbocycles. The minimum atomic E-state index is -0.181. The van der Waals surface area contributed by atoms with Gasteiger partial charge in [-0.3, -0.25) is 4.79 Å². The molecule has 1 aromatic heterocycles. The van der Waals surface area contributed by atoms with Crippen molar-refractivity contribution < 1.29 is 0 Å². The quantitative estimate of drug-likeness (QED) is 0.857. The van der Waals surface area contributed by atoms with Crippen LogP contribution in [0.15, 0.2) is 17.2 Å². The van der Waals surface area contributed by atoms with Crippen LogP contribution in [0.4, 0.5) is 5.82 Å². The average molecular weight is 270 g/mol. The number of halogens is 1. The summed E-state index contributed by atoms with van der Waals surface area (Å²) in [5, 5.41) is 3.31. The molecule has 2 unspecified atom stereocenters. The average Bonchev–Trinajstić information content (AvgIpc) is 2.35. The Morgan fingerprint density at radius 3 is 3.11 bits per heavy atom. The van der Waals surface area contributed by atoms with Crippen LogP contribution in [0, 0.1) is 5.92 Å². The van der Waals surface area contributed by atoms with E-state index in [1.807, 2.05) is 0 Å². The predicted molar refractivity (Wildman–Crippen MR) is 74.2 cm³/mol. The maximum absolute atomic E-state index is 12.0. The van der Waals surface area contributed by atoms with Crippen molar-refractivity contribution in [1.29, 1.82) is 0 Å². The van der Waals surface area contributed by atoms with Crippen molar-refractivity contribution in [2.75, 3.05) is 11.2 Å². The second kappa shape index (κ2) is 5.31. The zero-order valence-electron chi connectivity index (χ0n) is 10.9. The summed E-state index contributed by atoms with van der Waals surface area (Å²) in [5.74, 6) is 1.56. The summed E-state index contributed by atoms with van der Waals surface area (Å²) in [5.41, 5.74) is -0.278. The SMILES string of the molecule is CC1CCCC(CCl)(Nc2nccn(C)c2=O)C1. The first kappa shape index (κ1) is 13.4. The Labute approximate surface area is 112 Å². The topological polar surface area (TPSA) is 46.9 Å². The standard InChI is InChI=1S/C13H20ClN3O/c1-10-4-3-5-13(8-10,9-14)16-11-12(18)17(2)7-6-15-11/h6-7,10H,3-5,8-9H2,1-2H3,(H,15,16). The predicted octanol–water partition coefficient (Wildman–Crippen LogP) is 2.38. The first-order valence-corrected chi connectivity index (χ1v) is 6.95. The minimum absolute atomic E-state index is 0.0970. The van der Waals surface area contributed by atoms with Crippen molar-refractivity contribution in [2.24, 2.45) is 13.0 Å². The van der Waals surface area contributed by atoms with E-state index in [1.165, 1.54) is 11.0 Å². The zero-order chi connectivity index (χ0) is 13.2. The summed E-state index contributed by atoms with van der Waals surface area (Å²) in [4.78, 5) is 16.1. The fraction of sp³-hybridized carbons (Fsp3) is 0.692. The molecule has 1 aliphatic rings. The van der Waals surface area contributed by atoms with Crippen molar-refractivity contribution >= 4 is 17.4 Å². The first-order valence-electron chi connectivity index (χ1n) is 6.42. The third kappa shape index (κ3) is 2.69. The largest absolute Gasteiger partial charge is 0.359 e. The van der Waals surface area contributed by atoms with E-state index < -0.39 is 0 Å². The van der Waals surface area contributed by atoms with Gasteiger partial charge in [0.2, 0.25) is 0 Å². The van der Waals surface area contributed by atoms with E-state index in [4.69, 9.17) is 11.6 Å². The van der Waals surface area contributed by atoms with Gasteiger partial charge in [0.1, 0.15) is 0 Å². The number of nitrogens with one attached hydrogen (secondary N) is 1. The second-order valence-electron chi connectivity index (χ2n) is 5.43. The summed E-state index contributed by atoms with van der Waals surface area (Å²) in [6.45, 7) is 2.23. The van der Waals surface area contributed by atoms with Crippen molar-refractivity contribution in [2.45, 2.75) is 38.1 Å². The number of rotatable bonds is 3. The van der Waals surface area contributed by atoms with Crippen LogP contribution in [0.5, 0.6) is 0 Å². The van der Waals surface area contributed by atoms with Crippen LogP contribution >= 0.6 is 11.6 Å². The van der Waals surface area contributed by atoms with Gasteiger partial charge in [0.15, 0.2) is 5.82 Å². The number of alkyl halides is 1. The van der Waals surface area contributed by atoms with Crippen LogP contribution < -0.4 is 10.9 Å². The molecule has 1 heterocycles. The molecule has 2 atom stereocenters. The summed E-state index contributed by atoms with van der Waals surface area (Å²) < 4.78 is 1.53. The van der Waals surface area contributed by atoms with Crippen LogP contribution in [-0.4, -0.2) is 21.0 Å². The van der Waals surface area contributed by atoms with E-state index in [9.17, 15) is 4.79 Å². The highest BCUT2D eigenvalue weighted by molar-refractivity contribution is 6.18. The van der Waals surface area contributed by atoms with Gasteiger partial charge in [-0.1, -0.05) is 19.8 Å². The number of anilines is 1. The van der Waals surface area contributed by atoms with Crippen molar-refractivity contribution in [1.82, 2.24) is 9.55 Å². The lowest BCUT2D eigenvalue weighted by atomic mass is 9.77. The Morgan fingerprint density at radius 2 is 2.44 bits per heavy atom. The van der Waals surface area contributed by atoms with Crippen LogP contribution in [0.25, 0.3) is 0 Å². The molecule has 0 spiro atoms.